The minimum atomic E-state index is 0.261. The minimum absolute atomic E-state index is 0.261. The molecule has 3 nitrogen and oxygen atoms in total. The molecule has 2 N–H and O–H groups in total. The second-order valence-corrected chi connectivity index (χ2v) is 5.25. The molecular formula is C13H17ClN2OS. The number of benzene rings is 1. The fourth-order valence-electron chi connectivity index (χ4n) is 2.16. The molecule has 5 heteroatoms. The lowest BCUT2D eigenvalue weighted by Crippen LogP contribution is -2.43. The molecule has 1 heterocycles. The second kappa shape index (κ2) is 5.87. The Kier molecular flexibility index (Phi) is 4.43. The van der Waals surface area contributed by atoms with Crippen molar-refractivity contribution in [1.29, 1.82) is 0 Å². The molecule has 1 aromatic rings. The second-order valence-electron chi connectivity index (χ2n) is 4.37. The molecule has 1 fully saturated rings. The van der Waals surface area contributed by atoms with E-state index in [1.165, 1.54) is 0 Å². The molecule has 0 amide bonds. The first-order valence-electron chi connectivity index (χ1n) is 6.07. The highest BCUT2D eigenvalue weighted by atomic mass is 35.5. The highest BCUT2D eigenvalue weighted by molar-refractivity contribution is 7.80. The summed E-state index contributed by atoms with van der Waals surface area (Å²) in [4.78, 5) is 2.65. The summed E-state index contributed by atoms with van der Waals surface area (Å²) in [7, 11) is 0. The molecule has 18 heavy (non-hydrogen) atoms. The summed E-state index contributed by atoms with van der Waals surface area (Å²) >= 11 is 11.2. The maximum absolute atomic E-state index is 6.07. The predicted octanol–water partition coefficient (Wildman–Crippen LogP) is 2.59. The Morgan fingerprint density at radius 3 is 3.06 bits per heavy atom. The normalized spacial score (nSPS) is 19.9. The van der Waals surface area contributed by atoms with Crippen LogP contribution in [0.15, 0.2) is 18.2 Å². The van der Waals surface area contributed by atoms with Crippen molar-refractivity contribution in [3.63, 3.8) is 0 Å². The Hall–Kier alpha value is -0.840. The van der Waals surface area contributed by atoms with E-state index in [1.807, 2.05) is 18.2 Å². The summed E-state index contributed by atoms with van der Waals surface area (Å²) in [5.41, 5.74) is 7.66. The molecule has 0 saturated carbocycles. The van der Waals surface area contributed by atoms with Gasteiger partial charge >= 0.3 is 0 Å². The monoisotopic (exact) mass is 284 g/mol. The van der Waals surface area contributed by atoms with Crippen molar-refractivity contribution >= 4 is 34.5 Å². The van der Waals surface area contributed by atoms with E-state index in [-0.39, 0.29) is 6.10 Å². The third kappa shape index (κ3) is 2.94. The molecule has 1 aliphatic heterocycles. The van der Waals surface area contributed by atoms with E-state index in [9.17, 15) is 0 Å². The Labute approximate surface area is 118 Å². The zero-order chi connectivity index (χ0) is 13.1. The minimum Gasteiger partial charge on any atom is -0.389 e. The SMILES string of the molecule is CCC1CN(c2cc(Cl)ccc2C(N)=S)CCO1. The number of ether oxygens (including phenoxy) is 1. The Morgan fingerprint density at radius 1 is 1.61 bits per heavy atom. The van der Waals surface area contributed by atoms with Crippen LogP contribution in [0.4, 0.5) is 5.69 Å². The van der Waals surface area contributed by atoms with Crippen LogP contribution in [0.2, 0.25) is 5.02 Å². The number of thiocarbonyl (C=S) groups is 1. The van der Waals surface area contributed by atoms with E-state index in [2.05, 4.69) is 11.8 Å². The van der Waals surface area contributed by atoms with Crippen molar-refractivity contribution < 1.29 is 4.74 Å². The zero-order valence-corrected chi connectivity index (χ0v) is 11.9. The van der Waals surface area contributed by atoms with Crippen LogP contribution >= 0.6 is 23.8 Å². The van der Waals surface area contributed by atoms with Gasteiger partial charge in [0.2, 0.25) is 0 Å². The summed E-state index contributed by atoms with van der Waals surface area (Å²) in [6.07, 6.45) is 1.26. The van der Waals surface area contributed by atoms with Crippen LogP contribution < -0.4 is 10.6 Å². The van der Waals surface area contributed by atoms with Crippen LogP contribution in [0.1, 0.15) is 18.9 Å². The third-order valence-corrected chi connectivity index (χ3v) is 3.62. The summed E-state index contributed by atoms with van der Waals surface area (Å²) in [5.74, 6) is 0. The molecule has 2 rings (SSSR count). The molecule has 0 spiro atoms. The summed E-state index contributed by atoms with van der Waals surface area (Å²) in [6.45, 7) is 4.54. The highest BCUT2D eigenvalue weighted by Gasteiger charge is 2.21. The maximum atomic E-state index is 6.07. The van der Waals surface area contributed by atoms with Crippen LogP contribution in [0.5, 0.6) is 0 Å². The Balaban J connectivity index is 2.31. The fourth-order valence-corrected chi connectivity index (χ4v) is 2.50. The number of halogens is 1. The van der Waals surface area contributed by atoms with Crippen molar-refractivity contribution in [2.75, 3.05) is 24.6 Å². The largest absolute Gasteiger partial charge is 0.389 e. The van der Waals surface area contributed by atoms with Crippen molar-refractivity contribution in [3.05, 3.63) is 28.8 Å². The van der Waals surface area contributed by atoms with Gasteiger partial charge in [0.05, 0.1) is 12.7 Å². The van der Waals surface area contributed by atoms with Gasteiger partial charge in [-0.15, -0.1) is 0 Å². The van der Waals surface area contributed by atoms with Crippen LogP contribution in [0, 0.1) is 0 Å². The topological polar surface area (TPSA) is 38.5 Å². The molecule has 0 aliphatic carbocycles. The van der Waals surface area contributed by atoms with Crippen LogP contribution in [0.25, 0.3) is 0 Å². The molecule has 1 saturated heterocycles. The molecule has 0 aromatic heterocycles. The van der Waals surface area contributed by atoms with Gasteiger partial charge in [0.1, 0.15) is 4.99 Å². The Morgan fingerprint density at radius 2 is 2.39 bits per heavy atom. The fraction of sp³-hybridized carbons (Fsp3) is 0.462. The number of morpholine rings is 1. The van der Waals surface area contributed by atoms with Gasteiger partial charge in [-0.1, -0.05) is 30.7 Å². The summed E-state index contributed by atoms with van der Waals surface area (Å²) < 4.78 is 5.67. The molecule has 98 valence electrons. The zero-order valence-electron chi connectivity index (χ0n) is 10.4. The molecule has 1 atom stereocenters. The lowest BCUT2D eigenvalue weighted by atomic mass is 10.1. The van der Waals surface area contributed by atoms with Gasteiger partial charge in [-0.25, -0.2) is 0 Å². The average molecular weight is 285 g/mol. The highest BCUT2D eigenvalue weighted by Crippen LogP contribution is 2.27. The molecule has 1 aliphatic rings. The van der Waals surface area contributed by atoms with Gasteiger partial charge in [0.15, 0.2) is 0 Å². The first-order valence-corrected chi connectivity index (χ1v) is 6.86. The van der Waals surface area contributed by atoms with Crippen molar-refractivity contribution in [2.24, 2.45) is 5.73 Å². The molecular weight excluding hydrogens is 268 g/mol. The van der Waals surface area contributed by atoms with E-state index in [0.717, 1.165) is 37.4 Å². The van der Waals surface area contributed by atoms with Gasteiger partial charge in [0, 0.05) is 29.4 Å². The van der Waals surface area contributed by atoms with Gasteiger partial charge in [-0.3, -0.25) is 0 Å². The summed E-state index contributed by atoms with van der Waals surface area (Å²) in [6, 6.07) is 5.63. The smallest absolute Gasteiger partial charge is 0.106 e. The third-order valence-electron chi connectivity index (χ3n) is 3.16. The number of nitrogens with zero attached hydrogens (tertiary/aromatic N) is 1. The summed E-state index contributed by atoms with van der Waals surface area (Å²) in [5, 5.41) is 0.699. The molecule has 1 aromatic carbocycles. The van der Waals surface area contributed by atoms with Gasteiger partial charge in [0.25, 0.3) is 0 Å². The first-order chi connectivity index (χ1) is 8.61. The van der Waals surface area contributed by atoms with Crippen LogP contribution in [-0.4, -0.2) is 30.8 Å². The van der Waals surface area contributed by atoms with Gasteiger partial charge < -0.3 is 15.4 Å². The van der Waals surface area contributed by atoms with Crippen molar-refractivity contribution in [1.82, 2.24) is 0 Å². The van der Waals surface area contributed by atoms with Gasteiger partial charge in [-0.2, -0.15) is 0 Å². The quantitative estimate of drug-likeness (QED) is 0.866. The molecule has 0 radical (unpaired) electrons. The van der Waals surface area contributed by atoms with E-state index >= 15 is 0 Å². The van der Waals surface area contributed by atoms with E-state index in [1.54, 1.807) is 0 Å². The standard InChI is InChI=1S/C13H17ClN2OS/c1-2-10-8-16(5-6-17-10)12-7-9(14)3-4-11(12)13(15)18/h3-4,7,10H,2,5-6,8H2,1H3,(H2,15,18). The number of hydrogen-bond donors (Lipinski definition) is 1. The maximum Gasteiger partial charge on any atom is 0.106 e. The predicted molar refractivity (Wildman–Crippen MR) is 79.6 cm³/mol. The van der Waals surface area contributed by atoms with Crippen molar-refractivity contribution in [3.8, 4) is 0 Å². The molecule has 1 unspecified atom stereocenters. The first kappa shape index (κ1) is 13.6. The van der Waals surface area contributed by atoms with E-state index < -0.39 is 0 Å². The van der Waals surface area contributed by atoms with E-state index in [4.69, 9.17) is 34.3 Å². The lowest BCUT2D eigenvalue weighted by Gasteiger charge is -2.35. The van der Waals surface area contributed by atoms with Crippen molar-refractivity contribution in [2.45, 2.75) is 19.4 Å². The number of anilines is 1. The number of rotatable bonds is 3. The van der Waals surface area contributed by atoms with Gasteiger partial charge in [-0.05, 0) is 24.6 Å². The lowest BCUT2D eigenvalue weighted by molar-refractivity contribution is 0.0384. The number of nitrogens with two attached hydrogens (primary N) is 1. The van der Waals surface area contributed by atoms with Crippen LogP contribution in [-0.2, 0) is 4.74 Å². The average Bonchev–Trinajstić information content (AvgIpc) is 2.38. The Bertz CT molecular complexity index is 453. The molecule has 0 bridgehead atoms. The van der Waals surface area contributed by atoms with Crippen LogP contribution in [0.3, 0.4) is 0 Å². The number of hydrogen-bond acceptors (Lipinski definition) is 3. The van der Waals surface area contributed by atoms with E-state index in [0.29, 0.717) is 10.0 Å².